The minimum atomic E-state index is -4.54. The molecule has 2 N–H and O–H groups in total. The summed E-state index contributed by atoms with van der Waals surface area (Å²) in [6, 6.07) is 9.79. The molecule has 0 unspecified atom stereocenters. The minimum Gasteiger partial charge on any atom is -0.872 e. The van der Waals surface area contributed by atoms with Crippen LogP contribution in [0.3, 0.4) is 0 Å². The van der Waals surface area contributed by atoms with Crippen molar-refractivity contribution in [3.63, 3.8) is 0 Å². The Balaban J connectivity index is 0.00000242. The van der Waals surface area contributed by atoms with E-state index in [-0.39, 0.29) is 68.6 Å². The summed E-state index contributed by atoms with van der Waals surface area (Å²) in [6.45, 7) is 0. The van der Waals surface area contributed by atoms with Crippen LogP contribution in [0.1, 0.15) is 11.1 Å². The Labute approximate surface area is 170 Å². The molecule has 110 valence electrons. The fraction of sp³-hybridized carbons (Fsp3) is 0. The fourth-order valence-corrected chi connectivity index (χ4v) is 2.00. The van der Waals surface area contributed by atoms with E-state index in [1.54, 1.807) is 24.3 Å². The van der Waals surface area contributed by atoms with Crippen LogP contribution in [-0.2, 0) is 10.4 Å². The first-order valence-corrected chi connectivity index (χ1v) is 7.14. The second-order valence-electron chi connectivity index (χ2n) is 4.17. The molecular formula is C14H11KO6S. The summed E-state index contributed by atoms with van der Waals surface area (Å²) >= 11 is 0. The van der Waals surface area contributed by atoms with Crippen molar-refractivity contribution in [1.29, 1.82) is 0 Å². The third-order valence-corrected chi connectivity index (χ3v) is 2.87. The summed E-state index contributed by atoms with van der Waals surface area (Å²) < 4.78 is 33.9. The molecule has 6 nitrogen and oxygen atoms in total. The maximum absolute atomic E-state index is 11.2. The molecule has 0 atom stereocenters. The SMILES string of the molecule is O=S(=O)(O)Oc1ccc(/C=C/c2cc([O-])cc(O)c2)cc1.[K+]. The van der Waals surface area contributed by atoms with Crippen molar-refractivity contribution in [3.8, 4) is 17.2 Å². The van der Waals surface area contributed by atoms with Gasteiger partial charge in [0.1, 0.15) is 11.5 Å². The third kappa shape index (κ3) is 6.49. The number of phenols is 1. The average molecular weight is 346 g/mol. The van der Waals surface area contributed by atoms with E-state index >= 15 is 0 Å². The Morgan fingerprint density at radius 3 is 2.14 bits per heavy atom. The molecule has 22 heavy (non-hydrogen) atoms. The zero-order valence-corrected chi connectivity index (χ0v) is 15.6. The van der Waals surface area contributed by atoms with Gasteiger partial charge in [0.05, 0.1) is 0 Å². The topological polar surface area (TPSA) is 107 Å². The van der Waals surface area contributed by atoms with Gasteiger partial charge in [-0.1, -0.05) is 30.4 Å². The Morgan fingerprint density at radius 2 is 1.59 bits per heavy atom. The van der Waals surface area contributed by atoms with Crippen LogP contribution in [0.4, 0.5) is 0 Å². The van der Waals surface area contributed by atoms with Crippen molar-refractivity contribution in [2.24, 2.45) is 0 Å². The molecule has 0 saturated heterocycles. The predicted octanol–water partition coefficient (Wildman–Crippen LogP) is -1.18. The third-order valence-electron chi connectivity index (χ3n) is 2.46. The Bertz CT molecular complexity index is 748. The van der Waals surface area contributed by atoms with Gasteiger partial charge in [-0.3, -0.25) is 4.55 Å². The van der Waals surface area contributed by atoms with Gasteiger partial charge in [-0.2, -0.15) is 8.42 Å². The number of hydrogen-bond donors (Lipinski definition) is 2. The fourth-order valence-electron chi connectivity index (χ4n) is 1.65. The molecule has 0 spiro atoms. The standard InChI is InChI=1S/C14H12O6S.K/c15-12-7-11(8-13(16)9-12)2-1-10-3-5-14(6-4-10)20-21(17,18)19;/h1-9,15-16H,(H,17,18,19);/q;+1/p-1/b2-1+;. The molecule has 0 bridgehead atoms. The van der Waals surface area contributed by atoms with Crippen molar-refractivity contribution in [3.05, 3.63) is 53.6 Å². The van der Waals surface area contributed by atoms with Gasteiger partial charge in [0.15, 0.2) is 0 Å². The molecule has 2 aromatic rings. The van der Waals surface area contributed by atoms with Crippen molar-refractivity contribution in [2.45, 2.75) is 0 Å². The molecule has 0 amide bonds. The number of phenolic OH excluding ortho intramolecular Hbond substituents is 1. The molecular weight excluding hydrogens is 335 g/mol. The van der Waals surface area contributed by atoms with Crippen LogP contribution >= 0.6 is 0 Å². The molecule has 0 radical (unpaired) electrons. The van der Waals surface area contributed by atoms with Crippen LogP contribution in [0.15, 0.2) is 42.5 Å². The van der Waals surface area contributed by atoms with E-state index in [4.69, 9.17) is 4.55 Å². The van der Waals surface area contributed by atoms with Crippen LogP contribution in [0.2, 0.25) is 0 Å². The van der Waals surface area contributed by atoms with E-state index in [1.807, 2.05) is 0 Å². The van der Waals surface area contributed by atoms with E-state index in [0.29, 0.717) is 11.1 Å². The van der Waals surface area contributed by atoms with Gasteiger partial charge in [-0.15, -0.1) is 5.75 Å². The summed E-state index contributed by atoms with van der Waals surface area (Å²) in [5, 5.41) is 20.5. The van der Waals surface area contributed by atoms with Crippen LogP contribution in [-0.4, -0.2) is 18.1 Å². The van der Waals surface area contributed by atoms with Crippen LogP contribution in [0.25, 0.3) is 12.2 Å². The maximum atomic E-state index is 11.2. The molecule has 0 aliphatic heterocycles. The van der Waals surface area contributed by atoms with Gasteiger partial charge in [-0.05, 0) is 35.4 Å². The number of hydrogen-bond acceptors (Lipinski definition) is 5. The van der Waals surface area contributed by atoms with Gasteiger partial charge in [0.25, 0.3) is 0 Å². The second kappa shape index (κ2) is 8.11. The molecule has 0 fully saturated rings. The molecule has 0 aromatic heterocycles. The number of aromatic hydroxyl groups is 1. The van der Waals surface area contributed by atoms with Crippen molar-refractivity contribution >= 4 is 22.6 Å². The van der Waals surface area contributed by atoms with E-state index in [0.717, 1.165) is 6.07 Å². The van der Waals surface area contributed by atoms with Gasteiger partial charge < -0.3 is 14.4 Å². The van der Waals surface area contributed by atoms with Crippen molar-refractivity contribution < 1.29 is 78.8 Å². The van der Waals surface area contributed by atoms with Gasteiger partial charge in [0.2, 0.25) is 0 Å². The van der Waals surface area contributed by atoms with Crippen LogP contribution in [0, 0.1) is 0 Å². The Kier molecular flexibility index (Phi) is 7.07. The second-order valence-corrected chi connectivity index (χ2v) is 5.20. The van der Waals surface area contributed by atoms with Gasteiger partial charge in [-0.25, -0.2) is 0 Å². The van der Waals surface area contributed by atoms with Crippen LogP contribution in [0.5, 0.6) is 17.2 Å². The molecule has 0 aliphatic carbocycles. The quantitative estimate of drug-likeness (QED) is 0.410. The molecule has 2 aromatic carbocycles. The van der Waals surface area contributed by atoms with Gasteiger partial charge >= 0.3 is 61.8 Å². The molecule has 0 aliphatic rings. The Morgan fingerprint density at radius 1 is 1.00 bits per heavy atom. The summed E-state index contributed by atoms with van der Waals surface area (Å²) in [7, 11) is -4.54. The van der Waals surface area contributed by atoms with Crippen LogP contribution < -0.4 is 60.7 Å². The largest absolute Gasteiger partial charge is 1.00 e. The molecule has 8 heteroatoms. The zero-order valence-electron chi connectivity index (χ0n) is 11.6. The monoisotopic (exact) mass is 346 g/mol. The smallest absolute Gasteiger partial charge is 0.872 e. The van der Waals surface area contributed by atoms with E-state index in [1.165, 1.54) is 24.3 Å². The first-order valence-electron chi connectivity index (χ1n) is 5.78. The summed E-state index contributed by atoms with van der Waals surface area (Å²) in [6.07, 6.45) is 3.30. The molecule has 0 heterocycles. The molecule has 2 rings (SSSR count). The van der Waals surface area contributed by atoms with E-state index in [2.05, 4.69) is 4.18 Å². The predicted molar refractivity (Wildman–Crippen MR) is 75.1 cm³/mol. The summed E-state index contributed by atoms with van der Waals surface area (Å²) in [5.74, 6) is -0.431. The van der Waals surface area contributed by atoms with E-state index in [9.17, 15) is 18.6 Å². The molecule has 0 saturated carbocycles. The first-order chi connectivity index (χ1) is 9.82. The summed E-state index contributed by atoms with van der Waals surface area (Å²) in [4.78, 5) is 0. The van der Waals surface area contributed by atoms with E-state index < -0.39 is 10.4 Å². The zero-order chi connectivity index (χ0) is 15.5. The first kappa shape index (κ1) is 19.2. The maximum Gasteiger partial charge on any atom is 1.00 e. The summed E-state index contributed by atoms with van der Waals surface area (Å²) in [5.41, 5.74) is 1.26. The van der Waals surface area contributed by atoms with Gasteiger partial charge in [0, 0.05) is 0 Å². The minimum absolute atomic E-state index is 0. The average Bonchev–Trinajstić information content (AvgIpc) is 2.35. The number of rotatable bonds is 4. The van der Waals surface area contributed by atoms with Crippen molar-refractivity contribution in [2.75, 3.05) is 0 Å². The number of benzene rings is 2. The Hall–Kier alpha value is -0.874. The van der Waals surface area contributed by atoms with Crippen molar-refractivity contribution in [1.82, 2.24) is 0 Å². The normalized spacial score (nSPS) is 11.1.